The second-order valence-electron chi connectivity index (χ2n) is 6.50. The number of hydrogen-bond donors (Lipinski definition) is 2. The Labute approximate surface area is 128 Å². The maximum Gasteiger partial charge on any atom is 0.194 e. The van der Waals surface area contributed by atoms with Crippen LogP contribution < -0.4 is 5.32 Å². The van der Waals surface area contributed by atoms with E-state index in [0.29, 0.717) is 13.2 Å². The van der Waals surface area contributed by atoms with Crippen molar-refractivity contribution in [2.75, 3.05) is 39.4 Å². The summed E-state index contributed by atoms with van der Waals surface area (Å²) in [5.74, 6) is 2.49. The first-order valence-electron chi connectivity index (χ1n) is 8.48. The van der Waals surface area contributed by atoms with Crippen LogP contribution in [0.5, 0.6) is 0 Å². The van der Waals surface area contributed by atoms with Crippen molar-refractivity contribution in [1.29, 1.82) is 0 Å². The first-order chi connectivity index (χ1) is 10.2. The molecule has 0 radical (unpaired) electrons. The van der Waals surface area contributed by atoms with Gasteiger partial charge in [-0.25, -0.2) is 0 Å². The van der Waals surface area contributed by atoms with E-state index in [9.17, 15) is 5.11 Å². The molecule has 0 aromatic rings. The van der Waals surface area contributed by atoms with Gasteiger partial charge in [0.2, 0.25) is 0 Å². The van der Waals surface area contributed by atoms with Crippen LogP contribution in [-0.2, 0) is 4.74 Å². The van der Waals surface area contributed by atoms with Crippen molar-refractivity contribution in [3.63, 3.8) is 0 Å². The van der Waals surface area contributed by atoms with E-state index in [1.54, 1.807) is 0 Å². The quantitative estimate of drug-likeness (QED) is 0.552. The largest absolute Gasteiger partial charge is 0.389 e. The van der Waals surface area contributed by atoms with E-state index in [-0.39, 0.29) is 0 Å². The standard InChI is InChI=1S/C16H31N3O2/c1-3-17-16(19-8-6-13(2)7-9-19)18-10-15(20)12-21-11-14-4-5-14/h13-15,20H,3-12H2,1-2H3,(H,17,18). The van der Waals surface area contributed by atoms with Gasteiger partial charge in [0, 0.05) is 26.2 Å². The molecule has 1 atom stereocenters. The molecule has 1 unspecified atom stereocenters. The number of aliphatic hydroxyl groups is 1. The molecule has 0 spiro atoms. The highest BCUT2D eigenvalue weighted by atomic mass is 16.5. The molecule has 2 rings (SSSR count). The SMILES string of the molecule is CCNC(=NCC(O)COCC1CC1)N1CCC(C)CC1. The number of hydrogen-bond acceptors (Lipinski definition) is 3. The Morgan fingerprint density at radius 1 is 1.33 bits per heavy atom. The fourth-order valence-corrected chi connectivity index (χ4v) is 2.55. The van der Waals surface area contributed by atoms with Crippen LogP contribution in [0.2, 0.25) is 0 Å². The third-order valence-electron chi connectivity index (χ3n) is 4.23. The molecule has 2 N–H and O–H groups in total. The second-order valence-corrected chi connectivity index (χ2v) is 6.50. The molecule has 1 aliphatic carbocycles. The highest BCUT2D eigenvalue weighted by Gasteiger charge is 2.22. The normalized spacial score (nSPS) is 22.4. The smallest absolute Gasteiger partial charge is 0.194 e. The van der Waals surface area contributed by atoms with Gasteiger partial charge in [-0.1, -0.05) is 6.92 Å². The summed E-state index contributed by atoms with van der Waals surface area (Å²) in [6, 6.07) is 0. The minimum absolute atomic E-state index is 0.399. The highest BCUT2D eigenvalue weighted by molar-refractivity contribution is 5.80. The molecule has 0 aromatic carbocycles. The summed E-state index contributed by atoms with van der Waals surface area (Å²) in [7, 11) is 0. The number of ether oxygens (including phenoxy) is 1. The van der Waals surface area contributed by atoms with Crippen LogP contribution in [0.3, 0.4) is 0 Å². The minimum atomic E-state index is -0.499. The van der Waals surface area contributed by atoms with Crippen LogP contribution in [0, 0.1) is 11.8 Å². The fourth-order valence-electron chi connectivity index (χ4n) is 2.55. The van der Waals surface area contributed by atoms with E-state index in [2.05, 4.69) is 29.1 Å². The number of nitrogens with one attached hydrogen (secondary N) is 1. The molecule has 5 nitrogen and oxygen atoms in total. The van der Waals surface area contributed by atoms with Crippen molar-refractivity contribution < 1.29 is 9.84 Å². The number of guanidine groups is 1. The molecular formula is C16H31N3O2. The zero-order valence-electron chi connectivity index (χ0n) is 13.6. The van der Waals surface area contributed by atoms with Gasteiger partial charge in [-0.15, -0.1) is 0 Å². The number of rotatable bonds is 7. The predicted octanol–water partition coefficient (Wildman–Crippen LogP) is 1.47. The summed E-state index contributed by atoms with van der Waals surface area (Å²) in [5, 5.41) is 13.3. The highest BCUT2D eigenvalue weighted by Crippen LogP contribution is 2.28. The molecule has 122 valence electrons. The van der Waals surface area contributed by atoms with Crippen LogP contribution in [0.4, 0.5) is 0 Å². The second kappa shape index (κ2) is 8.59. The Kier molecular flexibility index (Phi) is 6.77. The molecule has 1 saturated heterocycles. The van der Waals surface area contributed by atoms with E-state index >= 15 is 0 Å². The topological polar surface area (TPSA) is 57.1 Å². The Hall–Kier alpha value is -0.810. The van der Waals surface area contributed by atoms with Crippen molar-refractivity contribution in [3.8, 4) is 0 Å². The molecule has 0 amide bonds. The van der Waals surface area contributed by atoms with Gasteiger partial charge in [-0.3, -0.25) is 4.99 Å². The van der Waals surface area contributed by atoms with Crippen LogP contribution in [0.15, 0.2) is 4.99 Å². The third-order valence-corrected chi connectivity index (χ3v) is 4.23. The van der Waals surface area contributed by atoms with Gasteiger partial charge >= 0.3 is 0 Å². The van der Waals surface area contributed by atoms with Crippen LogP contribution in [-0.4, -0.2) is 61.5 Å². The zero-order chi connectivity index (χ0) is 15.1. The van der Waals surface area contributed by atoms with Crippen molar-refractivity contribution >= 4 is 5.96 Å². The lowest BCUT2D eigenvalue weighted by molar-refractivity contribution is 0.0367. The van der Waals surface area contributed by atoms with E-state index in [4.69, 9.17) is 4.74 Å². The van der Waals surface area contributed by atoms with Crippen LogP contribution >= 0.6 is 0 Å². The third kappa shape index (κ3) is 6.22. The lowest BCUT2D eigenvalue weighted by Crippen LogP contribution is -2.45. The molecule has 1 saturated carbocycles. The number of piperidine rings is 1. The molecule has 21 heavy (non-hydrogen) atoms. The van der Waals surface area contributed by atoms with Gasteiger partial charge in [0.1, 0.15) is 0 Å². The van der Waals surface area contributed by atoms with Gasteiger partial charge in [-0.05, 0) is 44.4 Å². The Morgan fingerprint density at radius 2 is 2.05 bits per heavy atom. The fraction of sp³-hybridized carbons (Fsp3) is 0.938. The number of nitrogens with zero attached hydrogens (tertiary/aromatic N) is 2. The van der Waals surface area contributed by atoms with E-state index in [0.717, 1.165) is 44.0 Å². The average molecular weight is 297 g/mol. The van der Waals surface area contributed by atoms with Gasteiger partial charge in [-0.2, -0.15) is 0 Å². The molecule has 1 heterocycles. The average Bonchev–Trinajstić information content (AvgIpc) is 3.29. The molecule has 1 aliphatic heterocycles. The van der Waals surface area contributed by atoms with Crippen molar-refractivity contribution in [2.24, 2.45) is 16.8 Å². The Balaban J connectivity index is 1.73. The van der Waals surface area contributed by atoms with Gasteiger partial charge in [0.15, 0.2) is 5.96 Å². The summed E-state index contributed by atoms with van der Waals surface area (Å²) >= 11 is 0. The van der Waals surface area contributed by atoms with E-state index in [1.165, 1.54) is 25.7 Å². The maximum atomic E-state index is 9.96. The summed E-state index contributed by atoms with van der Waals surface area (Å²) < 4.78 is 5.52. The lowest BCUT2D eigenvalue weighted by atomic mass is 10.00. The molecule has 5 heteroatoms. The van der Waals surface area contributed by atoms with Crippen LogP contribution in [0.1, 0.15) is 39.5 Å². The van der Waals surface area contributed by atoms with Crippen LogP contribution in [0.25, 0.3) is 0 Å². The van der Waals surface area contributed by atoms with E-state index in [1.807, 2.05) is 0 Å². The molecule has 2 aliphatic rings. The van der Waals surface area contributed by atoms with E-state index < -0.39 is 6.10 Å². The summed E-state index contributed by atoms with van der Waals surface area (Å²) in [6.07, 6.45) is 4.51. The molecule has 0 aromatic heterocycles. The monoisotopic (exact) mass is 297 g/mol. The minimum Gasteiger partial charge on any atom is -0.389 e. The lowest BCUT2D eigenvalue weighted by Gasteiger charge is -2.33. The van der Waals surface area contributed by atoms with Gasteiger partial charge in [0.25, 0.3) is 0 Å². The Bertz CT molecular complexity index is 323. The number of aliphatic imine (C=N–C) groups is 1. The summed E-state index contributed by atoms with van der Waals surface area (Å²) in [4.78, 5) is 6.88. The van der Waals surface area contributed by atoms with Crippen molar-refractivity contribution in [1.82, 2.24) is 10.2 Å². The maximum absolute atomic E-state index is 9.96. The summed E-state index contributed by atoms with van der Waals surface area (Å²) in [6.45, 7) is 8.97. The van der Waals surface area contributed by atoms with Crippen molar-refractivity contribution in [3.05, 3.63) is 0 Å². The molecule has 0 bridgehead atoms. The first kappa shape index (κ1) is 16.6. The number of aliphatic hydroxyl groups excluding tert-OH is 1. The zero-order valence-corrected chi connectivity index (χ0v) is 13.6. The number of likely N-dealkylation sites (tertiary alicyclic amines) is 1. The van der Waals surface area contributed by atoms with Gasteiger partial charge < -0.3 is 20.1 Å². The Morgan fingerprint density at radius 3 is 2.67 bits per heavy atom. The molecular weight excluding hydrogens is 266 g/mol. The summed E-state index contributed by atoms with van der Waals surface area (Å²) in [5.41, 5.74) is 0. The predicted molar refractivity (Wildman–Crippen MR) is 85.5 cm³/mol. The first-order valence-corrected chi connectivity index (χ1v) is 8.48. The van der Waals surface area contributed by atoms with Gasteiger partial charge in [0.05, 0.1) is 19.3 Å². The van der Waals surface area contributed by atoms with Crippen molar-refractivity contribution in [2.45, 2.75) is 45.6 Å². The molecule has 2 fully saturated rings.